The van der Waals surface area contributed by atoms with E-state index in [1.165, 1.54) is 0 Å². The first-order valence-electron chi connectivity index (χ1n) is 36.2. The second-order valence-corrected chi connectivity index (χ2v) is 28.9. The van der Waals surface area contributed by atoms with E-state index in [0.717, 1.165) is 44.1 Å². The highest BCUT2D eigenvalue weighted by Crippen LogP contribution is 2.15. The zero-order chi connectivity index (χ0) is 76.1. The minimum absolute atomic E-state index is 0.0242. The predicted octanol–water partition coefficient (Wildman–Crippen LogP) is 7.17. The molecule has 23 nitrogen and oxygen atoms in total. The third-order valence-corrected chi connectivity index (χ3v) is 15.4. The number of unbranched alkanes of at least 4 members (excludes halogenated alkanes) is 2. The van der Waals surface area contributed by atoms with Crippen LogP contribution in [0.3, 0.4) is 0 Å². The summed E-state index contributed by atoms with van der Waals surface area (Å²) in [5.74, 6) is 0.503. The Morgan fingerprint density at radius 3 is 0.908 bits per heavy atom. The van der Waals surface area contributed by atoms with E-state index in [4.69, 9.17) is 17.2 Å². The molecule has 23 heteroatoms. The lowest BCUT2D eigenvalue weighted by Gasteiger charge is -2.27. The van der Waals surface area contributed by atoms with Gasteiger partial charge in [-0.3, -0.25) is 38.4 Å². The largest absolute Gasteiger partial charge is 0.391 e. The normalized spacial score (nSPS) is 14.1. The summed E-state index contributed by atoms with van der Waals surface area (Å²) in [5.41, 5.74) is 17.5. The van der Waals surface area contributed by atoms with Crippen LogP contribution in [0, 0.1) is 35.5 Å². The van der Waals surface area contributed by atoms with Crippen molar-refractivity contribution in [2.75, 3.05) is 19.6 Å². The zero-order valence-electron chi connectivity index (χ0n) is 64.8. The van der Waals surface area contributed by atoms with Crippen LogP contribution >= 0.6 is 0 Å². The number of nitrogens with one attached hydrogen (secondary N) is 11. The van der Waals surface area contributed by atoms with E-state index in [1.54, 1.807) is 20.8 Å². The maximum Gasteiger partial charge on any atom is 0.240 e. The Morgan fingerprint density at radius 2 is 0.653 bits per heavy atom. The van der Waals surface area contributed by atoms with E-state index in [2.05, 4.69) is 85.1 Å². The van der Waals surface area contributed by atoms with E-state index in [9.17, 15) is 43.5 Å². The highest BCUT2D eigenvalue weighted by Gasteiger charge is 2.33. The lowest BCUT2D eigenvalue weighted by atomic mass is 9.96. The number of carbonyl (C=O) groups is 8. The summed E-state index contributed by atoms with van der Waals surface area (Å²) in [6, 6.07) is 6.98. The molecule has 0 saturated heterocycles. The molecule has 0 aromatic heterocycles. The fraction of sp³-hybridized carbons (Fsp3) is 0.733. The quantitative estimate of drug-likeness (QED) is 0.0288. The molecule has 9 atom stereocenters. The molecule has 18 N–H and O–H groups in total. The average Bonchev–Trinajstić information content (AvgIpc) is 0.932. The van der Waals surface area contributed by atoms with Gasteiger partial charge in [-0.1, -0.05) is 215 Å². The number of hydrogen-bond donors (Lipinski definition) is 15. The smallest absolute Gasteiger partial charge is 0.240 e. The Morgan fingerprint density at radius 1 is 0.378 bits per heavy atom. The first-order valence-corrected chi connectivity index (χ1v) is 36.2. The van der Waals surface area contributed by atoms with Gasteiger partial charge in [-0.2, -0.15) is 0 Å². The van der Waals surface area contributed by atoms with E-state index in [-0.39, 0.29) is 131 Å². The molecule has 0 aliphatic heterocycles. The molecule has 1 aromatic rings. The molecule has 0 fully saturated rings. The van der Waals surface area contributed by atoms with Crippen molar-refractivity contribution < 1.29 is 43.5 Å². The zero-order valence-corrected chi connectivity index (χ0v) is 64.8. The number of aliphatic hydroxyl groups is 1. The van der Waals surface area contributed by atoms with Gasteiger partial charge in [-0.25, -0.2) is 0 Å². The van der Waals surface area contributed by atoms with Crippen LogP contribution in [0.5, 0.6) is 0 Å². The van der Waals surface area contributed by atoms with Gasteiger partial charge in [0.1, 0.15) is 6.04 Å². The van der Waals surface area contributed by atoms with Crippen molar-refractivity contribution in [2.45, 2.75) is 302 Å². The lowest BCUT2D eigenvalue weighted by Crippen LogP contribution is -2.56. The molecule has 1 aromatic carbocycles. The van der Waals surface area contributed by atoms with E-state index in [1.807, 2.05) is 155 Å². The number of Topliss-reactive ketones (excluding diaryl/α,β-unsaturated/α-hetero) is 4. The number of aliphatic hydroxyl groups excluding tert-OH is 1. The number of ketones is 4. The van der Waals surface area contributed by atoms with Crippen LogP contribution in [0.4, 0.5) is 0 Å². The molecular formula is C75H142N14O9. The van der Waals surface area contributed by atoms with Gasteiger partial charge in [0.15, 0.2) is 23.1 Å². The lowest BCUT2D eigenvalue weighted by molar-refractivity contribution is -0.132. The van der Waals surface area contributed by atoms with Crippen molar-refractivity contribution in [1.82, 2.24) is 58.5 Å². The summed E-state index contributed by atoms with van der Waals surface area (Å²) < 4.78 is 0. The van der Waals surface area contributed by atoms with Crippen molar-refractivity contribution in [2.24, 2.45) is 52.7 Å². The van der Waals surface area contributed by atoms with E-state index < -0.39 is 30.3 Å². The fourth-order valence-corrected chi connectivity index (χ4v) is 10.2. The summed E-state index contributed by atoms with van der Waals surface area (Å²) in [6.07, 6.45) is 7.38. The number of benzene rings is 1. The molecule has 1 unspecified atom stereocenters. The third-order valence-electron chi connectivity index (χ3n) is 15.4. The van der Waals surface area contributed by atoms with Gasteiger partial charge >= 0.3 is 0 Å². The number of amides is 4. The molecule has 0 saturated carbocycles. The van der Waals surface area contributed by atoms with Gasteiger partial charge in [0.25, 0.3) is 0 Å². The summed E-state index contributed by atoms with van der Waals surface area (Å²) in [6.45, 7) is 54.9. The summed E-state index contributed by atoms with van der Waals surface area (Å²) in [4.78, 5) is 100. The first kappa shape index (κ1) is 95.8. The molecule has 566 valence electrons. The first-order chi connectivity index (χ1) is 45.5. The van der Waals surface area contributed by atoms with Crippen molar-refractivity contribution in [3.8, 4) is 0 Å². The van der Waals surface area contributed by atoms with Crippen molar-refractivity contribution in [3.05, 3.63) is 73.1 Å². The van der Waals surface area contributed by atoms with Crippen LogP contribution in [0.25, 0.3) is 0 Å². The van der Waals surface area contributed by atoms with Crippen LogP contribution in [-0.4, -0.2) is 150 Å². The molecule has 4 amide bonds. The number of rotatable bonds is 48. The highest BCUT2D eigenvalue weighted by molar-refractivity contribution is 5.94. The monoisotopic (exact) mass is 1380 g/mol. The maximum atomic E-state index is 12.9. The molecule has 0 bridgehead atoms. The summed E-state index contributed by atoms with van der Waals surface area (Å²) in [7, 11) is 0. The van der Waals surface area contributed by atoms with Crippen molar-refractivity contribution >= 4 is 46.8 Å². The standard InChI is InChI=1S/C22H36N2O2.2C18H36N4O2.C17H34N4O3/c1-6-7-9-14-19(21(25)16(2)3)24-22(26)20(23-17(4)5)15-18-12-10-8-11-13-18;2*1-11(2)16(21-13(5)6)18(24)22-15(17(23)12(3)4)9-8-10-20-14(7)19;1-10(2)16(23)14(8-7-9-19-13(6)18)21-17(24)15(12(5)22)20-11(3)4/h8,10-13,16-17,19-20,23H,6-7,9,14-15H2,1-5H3,(H,24,26);2*11-13,15-16,20-21H,7-10,19H2,1-6H3,(H,22,24);10-12,14-15,19-20,22H,6-9,18H2,1-5H3,(H,21,24)/t19-,20-;2*15-,16-;12?,14-,15-/m0000/s1. The van der Waals surface area contributed by atoms with Gasteiger partial charge in [0.2, 0.25) is 23.6 Å². The molecule has 0 aliphatic carbocycles. The Hall–Kier alpha value is -6.40. The second-order valence-electron chi connectivity index (χ2n) is 28.9. The Labute approximate surface area is 593 Å². The number of hydrogen-bond acceptors (Lipinski definition) is 19. The van der Waals surface area contributed by atoms with Gasteiger partial charge in [-0.15, -0.1) is 0 Å². The summed E-state index contributed by atoms with van der Waals surface area (Å²) in [5, 5.41) is 43.2. The topological polar surface area (TPSA) is 367 Å². The second kappa shape index (κ2) is 53.5. The van der Waals surface area contributed by atoms with Crippen LogP contribution in [0.1, 0.15) is 222 Å². The Balaban J connectivity index is -0.00000123. The van der Waals surface area contributed by atoms with E-state index in [0.29, 0.717) is 69.2 Å². The number of carbonyl (C=O) groups excluding carboxylic acids is 8. The molecule has 1 rings (SSSR count). The molecule has 0 aliphatic rings. The minimum atomic E-state index is -0.857. The predicted molar refractivity (Wildman–Crippen MR) is 403 cm³/mol. The van der Waals surface area contributed by atoms with Crippen molar-refractivity contribution in [1.29, 1.82) is 0 Å². The van der Waals surface area contributed by atoms with E-state index >= 15 is 0 Å². The molecular weight excluding hydrogens is 1240 g/mol. The van der Waals surface area contributed by atoms with Crippen LogP contribution in [-0.2, 0) is 44.8 Å². The highest BCUT2D eigenvalue weighted by atomic mass is 16.3. The average molecular weight is 1380 g/mol. The van der Waals surface area contributed by atoms with Crippen molar-refractivity contribution in [3.63, 3.8) is 0 Å². The molecule has 0 radical (unpaired) electrons. The van der Waals surface area contributed by atoms with Crippen LogP contribution in [0.15, 0.2) is 67.5 Å². The maximum absolute atomic E-state index is 12.9. The van der Waals surface area contributed by atoms with Gasteiger partial charge in [0, 0.05) is 67.5 Å². The molecule has 98 heavy (non-hydrogen) atoms. The molecule has 0 heterocycles. The Bertz CT molecular complexity index is 2280. The third kappa shape index (κ3) is 46.0. The van der Waals surface area contributed by atoms with Gasteiger partial charge in [-0.05, 0) is 75.7 Å². The SMILES string of the molecule is C=C(N)NCCC[C@H](NC(=O)[C@@H](NC(C)C)C(C)C)C(=O)C(C)C.C=C(N)NCCC[C@H](NC(=O)[C@@H](NC(C)C)C(C)C)C(=O)C(C)C.C=C(N)NCCC[C@H](NC(=O)[C@@H](NC(C)C)C(C)O)C(=O)C(C)C.CCCCC[C@H](NC(=O)[C@H](Cc1ccccc1)NC(C)C)C(=O)C(C)C. The fourth-order valence-electron chi connectivity index (χ4n) is 10.2. The minimum Gasteiger partial charge on any atom is -0.391 e. The number of nitrogens with two attached hydrogens (primary N) is 3. The Kier molecular flexibility index (Phi) is 52.3. The molecule has 0 spiro atoms. The van der Waals surface area contributed by atoms with Gasteiger partial charge in [0.05, 0.1) is 65.9 Å². The van der Waals surface area contributed by atoms with Crippen LogP contribution in [0.2, 0.25) is 0 Å². The van der Waals surface area contributed by atoms with Gasteiger partial charge < -0.3 is 80.8 Å². The van der Waals surface area contributed by atoms with Crippen LogP contribution < -0.4 is 75.7 Å². The summed E-state index contributed by atoms with van der Waals surface area (Å²) >= 11 is 0.